The van der Waals surface area contributed by atoms with Gasteiger partial charge in [-0.05, 0) is 30.2 Å². The van der Waals surface area contributed by atoms with Crippen LogP contribution in [0.1, 0.15) is 22.3 Å². The molecule has 160 valence electrons. The molecule has 0 unspecified atom stereocenters. The van der Waals surface area contributed by atoms with Crippen molar-refractivity contribution in [3.05, 3.63) is 64.7 Å². The summed E-state index contributed by atoms with van der Waals surface area (Å²) in [6.07, 6.45) is -11.2. The summed E-state index contributed by atoms with van der Waals surface area (Å²) in [5.74, 6) is 0.240. The lowest BCUT2D eigenvalue weighted by Gasteiger charge is -2.38. The maximum atomic E-state index is 14.2. The average Bonchev–Trinajstić information content (AvgIpc) is 2.53. The number of methoxy groups -OCH3 is 1. The van der Waals surface area contributed by atoms with E-state index in [9.17, 15) is 26.3 Å². The topological polar surface area (TPSA) is 9.23 Å². The van der Waals surface area contributed by atoms with Gasteiger partial charge in [-0.3, -0.25) is 0 Å². The van der Waals surface area contributed by atoms with E-state index in [1.807, 2.05) is 0 Å². The first-order valence-electron chi connectivity index (χ1n) is 8.82. The van der Waals surface area contributed by atoms with Crippen LogP contribution >= 0.6 is 0 Å². The van der Waals surface area contributed by atoms with Crippen molar-refractivity contribution in [1.82, 2.24) is 0 Å². The fraction of sp³-hybridized carbons (Fsp3) is 0.429. The van der Waals surface area contributed by atoms with Gasteiger partial charge in [-0.15, -0.1) is 0 Å². The summed E-state index contributed by atoms with van der Waals surface area (Å²) in [4.78, 5) is 0. The van der Waals surface area contributed by atoms with Crippen LogP contribution in [0.5, 0.6) is 5.75 Å². The first-order valence-corrected chi connectivity index (χ1v) is 8.82. The monoisotopic (exact) mass is 420 g/mol. The van der Waals surface area contributed by atoms with Crippen molar-refractivity contribution < 1.29 is 35.6 Å². The molecule has 8 heteroatoms. The van der Waals surface area contributed by atoms with E-state index in [1.54, 1.807) is 28.1 Å². The predicted molar refractivity (Wildman–Crippen MR) is 98.8 cm³/mol. The fourth-order valence-corrected chi connectivity index (χ4v) is 3.43. The molecule has 2 rings (SSSR count). The van der Waals surface area contributed by atoms with E-state index in [2.05, 4.69) is 0 Å². The second-order valence-corrected chi connectivity index (χ2v) is 8.09. The second kappa shape index (κ2) is 7.55. The number of alkyl halides is 6. The third-order valence-corrected chi connectivity index (χ3v) is 4.69. The molecule has 0 radical (unpaired) electrons. The van der Waals surface area contributed by atoms with Crippen LogP contribution in [0, 0.1) is 6.92 Å². The Balaban J connectivity index is 2.89. The van der Waals surface area contributed by atoms with Gasteiger partial charge < -0.3 is 9.22 Å². The van der Waals surface area contributed by atoms with Crippen LogP contribution < -0.4 is 4.74 Å². The van der Waals surface area contributed by atoms with Crippen LogP contribution in [0.15, 0.2) is 42.5 Å². The SMILES string of the molecule is COc1ccc(C(c2ccc(C)cc2)(C(F)(F)F)C(F)(F)F)cc1C[N+](C)(C)C. The molecule has 0 bridgehead atoms. The Morgan fingerprint density at radius 2 is 1.28 bits per heavy atom. The zero-order chi connectivity index (χ0) is 22.3. The van der Waals surface area contributed by atoms with Crippen LogP contribution in [0.3, 0.4) is 0 Å². The maximum absolute atomic E-state index is 14.2. The molecular weight excluding hydrogens is 396 g/mol. The molecule has 0 atom stereocenters. The number of quaternary nitrogens is 1. The van der Waals surface area contributed by atoms with E-state index in [-0.39, 0.29) is 17.9 Å². The summed E-state index contributed by atoms with van der Waals surface area (Å²) >= 11 is 0. The van der Waals surface area contributed by atoms with Crippen molar-refractivity contribution in [2.45, 2.75) is 31.2 Å². The quantitative estimate of drug-likeness (QED) is 0.451. The van der Waals surface area contributed by atoms with E-state index in [0.29, 0.717) is 10.0 Å². The van der Waals surface area contributed by atoms with Crippen molar-refractivity contribution in [3.8, 4) is 5.75 Å². The number of ether oxygens (including phenoxy) is 1. The van der Waals surface area contributed by atoms with Crippen molar-refractivity contribution in [1.29, 1.82) is 0 Å². The van der Waals surface area contributed by atoms with Crippen molar-refractivity contribution in [2.24, 2.45) is 0 Å². The lowest BCUT2D eigenvalue weighted by Crippen LogP contribution is -2.54. The van der Waals surface area contributed by atoms with Gasteiger partial charge in [0.05, 0.1) is 28.3 Å². The molecule has 0 aliphatic rings. The number of hydrogen-bond acceptors (Lipinski definition) is 1. The minimum atomic E-state index is -5.61. The van der Waals surface area contributed by atoms with Crippen LogP contribution in [-0.4, -0.2) is 45.1 Å². The molecule has 0 N–H and O–H groups in total. The highest BCUT2D eigenvalue weighted by Gasteiger charge is 2.72. The van der Waals surface area contributed by atoms with Crippen molar-refractivity contribution >= 4 is 0 Å². The number of rotatable bonds is 5. The highest BCUT2D eigenvalue weighted by Crippen LogP contribution is 2.56. The molecule has 0 fully saturated rings. The summed E-state index contributed by atoms with van der Waals surface area (Å²) in [7, 11) is 6.68. The molecule has 0 aromatic heterocycles. The third-order valence-electron chi connectivity index (χ3n) is 4.69. The van der Waals surface area contributed by atoms with E-state index in [4.69, 9.17) is 4.74 Å². The molecule has 0 saturated carbocycles. The van der Waals surface area contributed by atoms with Crippen LogP contribution in [0.2, 0.25) is 0 Å². The molecule has 2 aromatic carbocycles. The normalized spacial score (nSPS) is 13.5. The third kappa shape index (κ3) is 4.37. The summed E-state index contributed by atoms with van der Waals surface area (Å²) < 4.78 is 90.9. The highest BCUT2D eigenvalue weighted by molar-refractivity contribution is 5.49. The summed E-state index contributed by atoms with van der Waals surface area (Å²) in [5.41, 5.74) is -5.08. The number of halogens is 6. The first-order chi connectivity index (χ1) is 13.1. The standard InChI is InChI=1S/C21H24F6NO/c1-14-6-8-16(9-7-14)19(20(22,23)24,21(25,26)27)17-10-11-18(29-5)15(12-17)13-28(2,3)4/h6-12H,13H2,1-5H3/q+1. The Bertz CT molecular complexity index is 833. The Kier molecular flexibility index (Phi) is 6.01. The van der Waals surface area contributed by atoms with Crippen LogP contribution in [-0.2, 0) is 12.0 Å². The Labute approximate surface area is 166 Å². The molecule has 0 saturated heterocycles. The van der Waals surface area contributed by atoms with E-state index in [0.717, 1.165) is 24.3 Å². The van der Waals surface area contributed by atoms with Gasteiger partial charge in [-0.25, -0.2) is 0 Å². The zero-order valence-corrected chi connectivity index (χ0v) is 16.9. The molecular formula is C21H24F6NO+. The number of hydrogen-bond donors (Lipinski definition) is 0. The molecule has 0 aliphatic heterocycles. The van der Waals surface area contributed by atoms with Gasteiger partial charge in [-0.1, -0.05) is 35.9 Å². The van der Waals surface area contributed by atoms with Gasteiger partial charge in [0.1, 0.15) is 12.3 Å². The maximum Gasteiger partial charge on any atom is 0.411 e. The Hall–Kier alpha value is -2.22. The number of aryl methyl sites for hydroxylation is 1. The number of benzene rings is 2. The lowest BCUT2D eigenvalue weighted by molar-refractivity contribution is -0.884. The molecule has 0 amide bonds. The Morgan fingerprint density at radius 1 is 0.793 bits per heavy atom. The van der Waals surface area contributed by atoms with Gasteiger partial charge in [0.15, 0.2) is 0 Å². The minimum absolute atomic E-state index is 0.191. The fourth-order valence-electron chi connectivity index (χ4n) is 3.43. The summed E-state index contributed by atoms with van der Waals surface area (Å²) in [5, 5.41) is 0. The molecule has 2 aromatic rings. The van der Waals surface area contributed by atoms with Crippen LogP contribution in [0.4, 0.5) is 26.3 Å². The second-order valence-electron chi connectivity index (χ2n) is 8.09. The van der Waals surface area contributed by atoms with Gasteiger partial charge in [-0.2, -0.15) is 26.3 Å². The average molecular weight is 420 g/mol. The molecule has 0 heterocycles. The molecule has 0 aliphatic carbocycles. The van der Waals surface area contributed by atoms with E-state index < -0.39 is 28.9 Å². The van der Waals surface area contributed by atoms with E-state index in [1.165, 1.54) is 25.3 Å². The summed E-state index contributed by atoms with van der Waals surface area (Å²) in [6.45, 7) is 1.79. The largest absolute Gasteiger partial charge is 0.496 e. The molecule has 0 spiro atoms. The first kappa shape index (κ1) is 23.1. The van der Waals surface area contributed by atoms with E-state index >= 15 is 0 Å². The Morgan fingerprint density at radius 3 is 1.69 bits per heavy atom. The summed E-state index contributed by atoms with van der Waals surface area (Å²) in [6, 6.07) is 7.25. The molecule has 2 nitrogen and oxygen atoms in total. The zero-order valence-electron chi connectivity index (χ0n) is 16.9. The van der Waals surface area contributed by atoms with Crippen molar-refractivity contribution in [2.75, 3.05) is 28.3 Å². The smallest absolute Gasteiger partial charge is 0.411 e. The predicted octanol–water partition coefficient (Wildman–Crippen LogP) is 5.62. The highest BCUT2D eigenvalue weighted by atomic mass is 19.4. The van der Waals surface area contributed by atoms with Crippen LogP contribution in [0.25, 0.3) is 0 Å². The minimum Gasteiger partial charge on any atom is -0.496 e. The van der Waals surface area contributed by atoms with Gasteiger partial charge in [0.25, 0.3) is 0 Å². The number of nitrogens with zero attached hydrogens (tertiary/aromatic N) is 1. The lowest BCUT2D eigenvalue weighted by atomic mass is 9.72. The van der Waals surface area contributed by atoms with Crippen molar-refractivity contribution in [3.63, 3.8) is 0 Å². The molecule has 29 heavy (non-hydrogen) atoms. The van der Waals surface area contributed by atoms with Gasteiger partial charge in [0, 0.05) is 5.56 Å². The van der Waals surface area contributed by atoms with Gasteiger partial charge >= 0.3 is 12.4 Å². The van der Waals surface area contributed by atoms with Gasteiger partial charge in [0.2, 0.25) is 5.41 Å².